The Hall–Kier alpha value is -2.81. The molecule has 0 saturated carbocycles. The Morgan fingerprint density at radius 1 is 1.07 bits per heavy atom. The van der Waals surface area contributed by atoms with Crippen molar-refractivity contribution in [3.63, 3.8) is 0 Å². The van der Waals surface area contributed by atoms with E-state index in [4.69, 9.17) is 0 Å². The molecule has 0 aliphatic carbocycles. The van der Waals surface area contributed by atoms with Crippen LogP contribution in [0.5, 0.6) is 0 Å². The van der Waals surface area contributed by atoms with Crippen molar-refractivity contribution in [3.05, 3.63) is 58.9 Å². The Morgan fingerprint density at radius 2 is 1.73 bits per heavy atom. The monoisotopic (exact) mass is 426 g/mol. The fourth-order valence-corrected chi connectivity index (χ4v) is 4.47. The predicted molar refractivity (Wildman–Crippen MR) is 112 cm³/mol. The Kier molecular flexibility index (Phi) is 6.08. The summed E-state index contributed by atoms with van der Waals surface area (Å²) in [5.74, 6) is -0.0228. The van der Waals surface area contributed by atoms with Crippen molar-refractivity contribution in [2.75, 3.05) is 13.1 Å². The quantitative estimate of drug-likeness (QED) is 0.457. The molecule has 0 N–H and O–H groups in total. The number of hydrogen-bond donors (Lipinski definition) is 0. The standard InChI is InChI=1S/C21H23FN6OS/c1-14-12-15(2)24-21(23-14)30-13-18-19(20(29)27-10-4-3-5-11-27)25-26-28(18)17-8-6-16(22)7-9-17/h6-9,12H,3-5,10-11,13H2,1-2H3. The molecule has 0 bridgehead atoms. The van der Waals surface area contributed by atoms with Crippen LogP contribution in [0.3, 0.4) is 0 Å². The lowest BCUT2D eigenvalue weighted by atomic mass is 10.1. The highest BCUT2D eigenvalue weighted by Gasteiger charge is 2.26. The number of thioether (sulfide) groups is 1. The van der Waals surface area contributed by atoms with E-state index in [1.165, 1.54) is 23.9 Å². The average Bonchev–Trinajstić information content (AvgIpc) is 3.16. The van der Waals surface area contributed by atoms with E-state index in [2.05, 4.69) is 20.3 Å². The normalized spacial score (nSPS) is 14.2. The molecular formula is C21H23FN6OS. The molecule has 0 radical (unpaired) electrons. The van der Waals surface area contributed by atoms with Gasteiger partial charge in [-0.15, -0.1) is 5.10 Å². The first-order chi connectivity index (χ1) is 14.5. The van der Waals surface area contributed by atoms with Gasteiger partial charge in [-0.1, -0.05) is 17.0 Å². The number of carbonyl (C=O) groups is 1. The molecule has 1 amide bonds. The maximum absolute atomic E-state index is 13.4. The zero-order chi connectivity index (χ0) is 21.1. The van der Waals surface area contributed by atoms with Crippen LogP contribution in [0.4, 0.5) is 4.39 Å². The SMILES string of the molecule is Cc1cc(C)nc(SCc2c(C(=O)N3CCCCC3)nnn2-c2ccc(F)cc2)n1. The minimum Gasteiger partial charge on any atom is -0.337 e. The zero-order valence-corrected chi connectivity index (χ0v) is 17.8. The van der Waals surface area contributed by atoms with Gasteiger partial charge in [0, 0.05) is 30.2 Å². The maximum atomic E-state index is 13.4. The number of amides is 1. The number of likely N-dealkylation sites (tertiary alicyclic amines) is 1. The van der Waals surface area contributed by atoms with Gasteiger partial charge < -0.3 is 4.90 Å². The number of benzene rings is 1. The number of hydrogen-bond acceptors (Lipinski definition) is 6. The summed E-state index contributed by atoms with van der Waals surface area (Å²) in [7, 11) is 0. The van der Waals surface area contributed by atoms with Gasteiger partial charge in [0.2, 0.25) is 0 Å². The molecular weight excluding hydrogens is 403 g/mol. The summed E-state index contributed by atoms with van der Waals surface area (Å²) in [6, 6.07) is 7.90. The first-order valence-electron chi connectivity index (χ1n) is 9.96. The lowest BCUT2D eigenvalue weighted by Gasteiger charge is -2.26. The van der Waals surface area contributed by atoms with E-state index in [9.17, 15) is 9.18 Å². The lowest BCUT2D eigenvalue weighted by molar-refractivity contribution is 0.0717. The van der Waals surface area contributed by atoms with Gasteiger partial charge in [0.1, 0.15) is 5.82 Å². The fraction of sp³-hybridized carbons (Fsp3) is 0.381. The fourth-order valence-electron chi connectivity index (χ4n) is 3.52. The number of rotatable bonds is 5. The Labute approximate surface area is 178 Å². The van der Waals surface area contributed by atoms with Crippen LogP contribution in [0.15, 0.2) is 35.5 Å². The minimum atomic E-state index is -0.331. The molecule has 1 aromatic carbocycles. The van der Waals surface area contributed by atoms with Crippen LogP contribution < -0.4 is 0 Å². The highest BCUT2D eigenvalue weighted by molar-refractivity contribution is 7.98. The van der Waals surface area contributed by atoms with Crippen molar-refractivity contribution < 1.29 is 9.18 Å². The number of piperidine rings is 1. The third kappa shape index (κ3) is 4.51. The summed E-state index contributed by atoms with van der Waals surface area (Å²) in [5.41, 5.74) is 3.42. The van der Waals surface area contributed by atoms with E-state index < -0.39 is 0 Å². The molecule has 1 aliphatic heterocycles. The third-order valence-corrected chi connectivity index (χ3v) is 5.84. The zero-order valence-electron chi connectivity index (χ0n) is 17.0. The van der Waals surface area contributed by atoms with Crippen molar-refractivity contribution >= 4 is 17.7 Å². The molecule has 30 heavy (non-hydrogen) atoms. The minimum absolute atomic E-state index is 0.111. The summed E-state index contributed by atoms with van der Waals surface area (Å²) in [4.78, 5) is 23.9. The average molecular weight is 427 g/mol. The molecule has 7 nitrogen and oxygen atoms in total. The number of halogens is 1. The molecule has 0 unspecified atom stereocenters. The largest absolute Gasteiger partial charge is 0.337 e. The summed E-state index contributed by atoms with van der Waals surface area (Å²) in [5, 5.41) is 9.07. The molecule has 156 valence electrons. The molecule has 3 heterocycles. The van der Waals surface area contributed by atoms with Crippen LogP contribution in [0.25, 0.3) is 5.69 Å². The van der Waals surface area contributed by atoms with Crippen LogP contribution in [0.1, 0.15) is 46.8 Å². The van der Waals surface area contributed by atoms with E-state index in [1.807, 2.05) is 24.8 Å². The number of nitrogens with zero attached hydrogens (tertiary/aromatic N) is 6. The van der Waals surface area contributed by atoms with Crippen LogP contribution >= 0.6 is 11.8 Å². The van der Waals surface area contributed by atoms with Crippen LogP contribution in [-0.2, 0) is 5.75 Å². The van der Waals surface area contributed by atoms with Gasteiger partial charge in [0.25, 0.3) is 5.91 Å². The highest BCUT2D eigenvalue weighted by Crippen LogP contribution is 2.25. The van der Waals surface area contributed by atoms with Gasteiger partial charge in [-0.25, -0.2) is 19.0 Å². The predicted octanol–water partition coefficient (Wildman–Crippen LogP) is 3.73. The van der Waals surface area contributed by atoms with Crippen molar-refractivity contribution in [1.29, 1.82) is 0 Å². The van der Waals surface area contributed by atoms with Gasteiger partial charge in [-0.2, -0.15) is 0 Å². The van der Waals surface area contributed by atoms with Gasteiger partial charge >= 0.3 is 0 Å². The summed E-state index contributed by atoms with van der Waals surface area (Å²) in [6.07, 6.45) is 3.13. The third-order valence-electron chi connectivity index (χ3n) is 4.98. The molecule has 2 aromatic heterocycles. The second-order valence-electron chi connectivity index (χ2n) is 7.35. The molecule has 4 rings (SSSR count). The maximum Gasteiger partial charge on any atom is 0.276 e. The smallest absolute Gasteiger partial charge is 0.276 e. The Bertz CT molecular complexity index is 1030. The van der Waals surface area contributed by atoms with Crippen LogP contribution in [0.2, 0.25) is 0 Å². The molecule has 9 heteroatoms. The van der Waals surface area contributed by atoms with E-state index in [0.717, 1.165) is 43.7 Å². The van der Waals surface area contributed by atoms with E-state index in [-0.39, 0.29) is 11.7 Å². The first-order valence-corrected chi connectivity index (χ1v) is 10.9. The van der Waals surface area contributed by atoms with Gasteiger partial charge in [-0.05, 0) is 63.4 Å². The van der Waals surface area contributed by atoms with Crippen molar-refractivity contribution in [1.82, 2.24) is 29.9 Å². The molecule has 3 aromatic rings. The van der Waals surface area contributed by atoms with Gasteiger partial charge in [0.05, 0.1) is 11.4 Å². The highest BCUT2D eigenvalue weighted by atomic mass is 32.2. The number of carbonyl (C=O) groups excluding carboxylic acids is 1. The van der Waals surface area contributed by atoms with Gasteiger partial charge in [0.15, 0.2) is 10.9 Å². The Balaban J connectivity index is 1.67. The van der Waals surface area contributed by atoms with E-state index in [0.29, 0.717) is 28.0 Å². The molecule has 0 spiro atoms. The molecule has 1 fully saturated rings. The second kappa shape index (κ2) is 8.91. The summed E-state index contributed by atoms with van der Waals surface area (Å²) < 4.78 is 15.0. The lowest BCUT2D eigenvalue weighted by Crippen LogP contribution is -2.36. The molecule has 1 saturated heterocycles. The second-order valence-corrected chi connectivity index (χ2v) is 8.29. The van der Waals surface area contributed by atoms with Crippen molar-refractivity contribution in [3.8, 4) is 5.69 Å². The Morgan fingerprint density at radius 3 is 2.40 bits per heavy atom. The van der Waals surface area contributed by atoms with Crippen LogP contribution in [0, 0.1) is 19.7 Å². The van der Waals surface area contributed by atoms with E-state index in [1.54, 1.807) is 16.8 Å². The van der Waals surface area contributed by atoms with E-state index >= 15 is 0 Å². The molecule has 0 atom stereocenters. The van der Waals surface area contributed by atoms with Gasteiger partial charge in [-0.3, -0.25) is 4.79 Å². The van der Waals surface area contributed by atoms with Crippen LogP contribution in [-0.4, -0.2) is 48.9 Å². The summed E-state index contributed by atoms with van der Waals surface area (Å²) in [6.45, 7) is 5.31. The van der Waals surface area contributed by atoms with Crippen molar-refractivity contribution in [2.24, 2.45) is 0 Å². The summed E-state index contributed by atoms with van der Waals surface area (Å²) >= 11 is 1.43. The number of aromatic nitrogens is 5. The first kappa shape index (κ1) is 20.5. The number of aryl methyl sites for hydroxylation is 2. The topological polar surface area (TPSA) is 76.8 Å². The van der Waals surface area contributed by atoms with Crippen molar-refractivity contribution in [2.45, 2.75) is 44.0 Å². The molecule has 1 aliphatic rings.